The number of pyridine rings is 1. The number of nitrogens with zero attached hydrogens (tertiary/aromatic N) is 4. The number of anilines is 2. The first kappa shape index (κ1) is 36.4. The lowest BCUT2D eigenvalue weighted by molar-refractivity contribution is -0.143. The minimum Gasteiger partial charge on any atom is -0.394 e. The summed E-state index contributed by atoms with van der Waals surface area (Å²) in [5, 5.41) is 10.2. The summed E-state index contributed by atoms with van der Waals surface area (Å²) in [5.74, 6) is -0.755. The van der Waals surface area contributed by atoms with Gasteiger partial charge in [0.25, 0.3) is 0 Å². The Balaban J connectivity index is 0.00000500. The van der Waals surface area contributed by atoms with Gasteiger partial charge in [-0.15, -0.1) is 12.4 Å². The Morgan fingerprint density at radius 2 is 1.57 bits per heavy atom. The highest BCUT2D eigenvalue weighted by molar-refractivity contribution is 6.03. The van der Waals surface area contributed by atoms with Crippen LogP contribution in [0, 0.1) is 12.7 Å². The van der Waals surface area contributed by atoms with Crippen molar-refractivity contribution in [1.82, 2.24) is 9.88 Å². The summed E-state index contributed by atoms with van der Waals surface area (Å²) in [6.07, 6.45) is -6.70. The van der Waals surface area contributed by atoms with Crippen LogP contribution in [0.15, 0.2) is 48.7 Å². The van der Waals surface area contributed by atoms with Crippen molar-refractivity contribution in [2.24, 2.45) is 0 Å². The summed E-state index contributed by atoms with van der Waals surface area (Å²) in [4.78, 5) is 24.2. The summed E-state index contributed by atoms with van der Waals surface area (Å²) in [5.41, 5.74) is -3.58. The van der Waals surface area contributed by atoms with Crippen LogP contribution < -0.4 is 9.80 Å². The Morgan fingerprint density at radius 3 is 2.15 bits per heavy atom. The van der Waals surface area contributed by atoms with Crippen LogP contribution in [0.3, 0.4) is 0 Å². The summed E-state index contributed by atoms with van der Waals surface area (Å²) < 4.78 is 96.1. The molecule has 0 bridgehead atoms. The van der Waals surface area contributed by atoms with Gasteiger partial charge < -0.3 is 14.9 Å². The second-order valence-corrected chi connectivity index (χ2v) is 12.6. The number of hydrogen-bond donors (Lipinski definition) is 1. The van der Waals surface area contributed by atoms with E-state index in [2.05, 4.69) is 9.88 Å². The molecule has 3 aromatic rings. The molecular weight excluding hydrogens is 653 g/mol. The van der Waals surface area contributed by atoms with Crippen LogP contribution in [0.25, 0.3) is 11.1 Å². The normalized spacial score (nSPS) is 18.9. The Bertz CT molecular complexity index is 1600. The van der Waals surface area contributed by atoms with E-state index in [9.17, 15) is 40.6 Å². The number of alkyl halides is 6. The van der Waals surface area contributed by atoms with Crippen molar-refractivity contribution >= 4 is 29.8 Å². The van der Waals surface area contributed by atoms with Gasteiger partial charge in [0.05, 0.1) is 41.1 Å². The van der Waals surface area contributed by atoms with Crippen LogP contribution in [0.5, 0.6) is 0 Å². The van der Waals surface area contributed by atoms with E-state index in [0.717, 1.165) is 24.3 Å². The number of carbonyl (C=O) groups excluding carboxylic acids is 1. The fourth-order valence-electron chi connectivity index (χ4n) is 6.50. The van der Waals surface area contributed by atoms with Crippen LogP contribution in [-0.2, 0) is 22.6 Å². The van der Waals surface area contributed by atoms with Crippen LogP contribution in [0.2, 0.25) is 0 Å². The highest BCUT2D eigenvalue weighted by Crippen LogP contribution is 2.42. The molecule has 5 rings (SSSR count). The van der Waals surface area contributed by atoms with Crippen molar-refractivity contribution in [3.05, 3.63) is 76.7 Å². The molecule has 2 aromatic carbocycles. The predicted molar refractivity (Wildman–Crippen MR) is 167 cm³/mol. The number of likely N-dealkylation sites (N-methyl/N-ethyl adjacent to an activating group) is 1. The Hall–Kier alpha value is -3.42. The maximum atomic E-state index is 14.1. The van der Waals surface area contributed by atoms with Crippen molar-refractivity contribution < 1.29 is 40.6 Å². The number of aryl methyl sites for hydroxylation is 1. The Morgan fingerprint density at radius 1 is 0.957 bits per heavy atom. The third-order valence-corrected chi connectivity index (χ3v) is 9.15. The number of amides is 1. The lowest BCUT2D eigenvalue weighted by atomic mass is 9.81. The summed E-state index contributed by atoms with van der Waals surface area (Å²) in [6.45, 7) is 6.28. The highest BCUT2D eigenvalue weighted by atomic mass is 35.5. The molecule has 256 valence electrons. The third kappa shape index (κ3) is 7.22. The zero-order valence-corrected chi connectivity index (χ0v) is 27.0. The first-order valence-corrected chi connectivity index (χ1v) is 14.9. The molecule has 0 unspecified atom stereocenters. The molecule has 0 aliphatic carbocycles. The molecule has 1 amide bonds. The highest BCUT2D eigenvalue weighted by Gasteiger charge is 2.42. The molecule has 3 heterocycles. The standard InChI is InChI=1S/C33H35F7N4O2.ClH/c1-19-10-23(34)7-8-26(19)27-14-29(44-17-24-6-5-9-43(24)16-25(44)18-45)41-15-28(27)42(4)30(46)31(2,3)20-11-21(32(35,36)37)13-22(12-20)33(38,39)40;/h7-8,10-15,24-25,45H,5-6,9,16-18H2,1-4H3;1H/t24-,25-;/m1./s1. The van der Waals surface area contributed by atoms with Gasteiger partial charge in [0.2, 0.25) is 5.91 Å². The van der Waals surface area contributed by atoms with E-state index < -0.39 is 46.2 Å². The molecule has 6 nitrogen and oxygen atoms in total. The maximum absolute atomic E-state index is 14.1. The van der Waals surface area contributed by atoms with Gasteiger partial charge in [-0.05, 0) is 93.2 Å². The number of aliphatic hydroxyl groups is 1. The first-order valence-electron chi connectivity index (χ1n) is 14.9. The number of rotatable bonds is 6. The van der Waals surface area contributed by atoms with E-state index in [1.165, 1.54) is 45.3 Å². The van der Waals surface area contributed by atoms with Crippen molar-refractivity contribution in [3.8, 4) is 11.1 Å². The smallest absolute Gasteiger partial charge is 0.394 e. The number of aliphatic hydroxyl groups excluding tert-OH is 1. The fraction of sp³-hybridized carbons (Fsp3) is 0.455. The number of hydrogen-bond acceptors (Lipinski definition) is 5. The van der Waals surface area contributed by atoms with Gasteiger partial charge in [-0.1, -0.05) is 6.07 Å². The van der Waals surface area contributed by atoms with Gasteiger partial charge >= 0.3 is 12.4 Å². The zero-order valence-electron chi connectivity index (χ0n) is 26.2. The van der Waals surface area contributed by atoms with Crippen molar-refractivity contribution in [3.63, 3.8) is 0 Å². The van der Waals surface area contributed by atoms with Gasteiger partial charge in [0, 0.05) is 31.7 Å². The lowest BCUT2D eigenvalue weighted by Crippen LogP contribution is -2.57. The number of piperazine rings is 1. The van der Waals surface area contributed by atoms with Crippen molar-refractivity contribution in [2.45, 2.75) is 63.5 Å². The van der Waals surface area contributed by atoms with Crippen LogP contribution in [0.4, 0.5) is 42.2 Å². The first-order chi connectivity index (χ1) is 21.4. The van der Waals surface area contributed by atoms with Gasteiger partial charge in [0.1, 0.15) is 11.6 Å². The minimum atomic E-state index is -5.08. The molecular formula is C33H36ClF7N4O2. The number of benzene rings is 2. The van der Waals surface area contributed by atoms with E-state index in [-0.39, 0.29) is 42.9 Å². The molecule has 0 spiro atoms. The second-order valence-electron chi connectivity index (χ2n) is 12.6. The van der Waals surface area contributed by atoms with Crippen molar-refractivity contribution in [2.75, 3.05) is 43.1 Å². The average molecular weight is 689 g/mol. The van der Waals surface area contributed by atoms with E-state index in [4.69, 9.17) is 0 Å². The number of carbonyl (C=O) groups is 1. The molecule has 0 saturated carbocycles. The molecule has 2 fully saturated rings. The van der Waals surface area contributed by atoms with Gasteiger partial charge in [-0.2, -0.15) is 26.3 Å². The molecule has 2 saturated heterocycles. The monoisotopic (exact) mass is 688 g/mol. The topological polar surface area (TPSA) is 59.9 Å². The predicted octanol–water partition coefficient (Wildman–Crippen LogP) is 7.24. The van der Waals surface area contributed by atoms with Crippen molar-refractivity contribution in [1.29, 1.82) is 0 Å². The van der Waals surface area contributed by atoms with Gasteiger partial charge in [0.15, 0.2) is 0 Å². The molecule has 2 aliphatic heterocycles. The summed E-state index contributed by atoms with van der Waals surface area (Å²) in [7, 11) is 1.37. The second kappa shape index (κ2) is 13.2. The third-order valence-electron chi connectivity index (χ3n) is 9.15. The maximum Gasteiger partial charge on any atom is 0.416 e. The number of fused-ring (bicyclic) bond motifs is 1. The van der Waals surface area contributed by atoms with E-state index in [1.54, 1.807) is 13.0 Å². The molecule has 0 radical (unpaired) electrons. The molecule has 47 heavy (non-hydrogen) atoms. The molecule has 1 N–H and O–H groups in total. The molecule has 14 heteroatoms. The Kier molecular flexibility index (Phi) is 10.3. The van der Waals surface area contributed by atoms with E-state index in [1.807, 2.05) is 4.90 Å². The summed E-state index contributed by atoms with van der Waals surface area (Å²) in [6, 6.07) is 7.01. The number of halogens is 8. The molecule has 1 aromatic heterocycles. The van der Waals surface area contributed by atoms with Crippen LogP contribution in [0.1, 0.15) is 48.9 Å². The van der Waals surface area contributed by atoms with Gasteiger partial charge in [-0.3, -0.25) is 9.69 Å². The quantitative estimate of drug-likeness (QED) is 0.277. The van der Waals surface area contributed by atoms with E-state index >= 15 is 0 Å². The largest absolute Gasteiger partial charge is 0.416 e. The SMILES string of the molecule is Cc1cc(F)ccc1-c1cc(N2C[C@H]3CCCN3C[C@@H]2CO)ncc1N(C)C(=O)C(C)(C)c1cc(C(F)(F)F)cc(C(F)(F)F)c1.Cl. The van der Waals surface area contributed by atoms with Gasteiger partial charge in [-0.25, -0.2) is 9.37 Å². The zero-order chi connectivity index (χ0) is 33.8. The lowest BCUT2D eigenvalue weighted by Gasteiger charge is -2.44. The molecule has 2 aliphatic rings. The molecule has 2 atom stereocenters. The minimum absolute atomic E-state index is 0. The number of aromatic nitrogens is 1. The van der Waals surface area contributed by atoms with Crippen LogP contribution >= 0.6 is 12.4 Å². The van der Waals surface area contributed by atoms with Crippen LogP contribution in [-0.4, -0.2) is 66.3 Å². The average Bonchev–Trinajstić information content (AvgIpc) is 3.46. The van der Waals surface area contributed by atoms with E-state index in [0.29, 0.717) is 47.7 Å². The Labute approximate surface area is 274 Å². The fourth-order valence-corrected chi connectivity index (χ4v) is 6.50. The summed E-state index contributed by atoms with van der Waals surface area (Å²) >= 11 is 0.